The summed E-state index contributed by atoms with van der Waals surface area (Å²) in [6.45, 7) is 5.85. The van der Waals surface area contributed by atoms with Gasteiger partial charge in [-0.1, -0.05) is 66.2 Å². The lowest BCUT2D eigenvalue weighted by molar-refractivity contribution is -0.430. The first-order chi connectivity index (χ1) is 22.5. The van der Waals surface area contributed by atoms with Crippen LogP contribution >= 0.6 is 11.6 Å². The third-order valence-electron chi connectivity index (χ3n) is 8.83. The van der Waals surface area contributed by atoms with Crippen LogP contribution < -0.4 is 5.35 Å². The summed E-state index contributed by atoms with van der Waals surface area (Å²) in [5.74, 6) is 0. The molecule has 0 unspecified atom stereocenters. The largest absolute Gasteiger partial charge is 0.425 e. The zero-order valence-corrected chi connectivity index (χ0v) is 28.2. The molecular formula is C36H32ClN2O6S2+. The van der Waals surface area contributed by atoms with Crippen LogP contribution in [0.2, 0.25) is 0 Å². The van der Waals surface area contributed by atoms with Crippen molar-refractivity contribution in [3.63, 3.8) is 0 Å². The Hall–Kier alpha value is -4.35. The van der Waals surface area contributed by atoms with Crippen molar-refractivity contribution in [1.82, 2.24) is 4.57 Å². The van der Waals surface area contributed by atoms with Crippen LogP contribution in [-0.2, 0) is 27.3 Å². The van der Waals surface area contributed by atoms with E-state index in [2.05, 4.69) is 83.7 Å². The van der Waals surface area contributed by atoms with E-state index in [0.29, 0.717) is 11.9 Å². The number of aromatic nitrogens is 1. The second-order valence-electron chi connectivity index (χ2n) is 11.3. The predicted molar refractivity (Wildman–Crippen MR) is 187 cm³/mol. The number of rotatable bonds is 6. The van der Waals surface area contributed by atoms with Crippen molar-refractivity contribution >= 4 is 82.3 Å². The molecule has 240 valence electrons. The van der Waals surface area contributed by atoms with Gasteiger partial charge in [0.2, 0.25) is 11.4 Å². The van der Waals surface area contributed by atoms with E-state index in [-0.39, 0.29) is 4.90 Å². The summed E-state index contributed by atoms with van der Waals surface area (Å²) in [5.41, 5.74) is 6.34. The molecule has 7 rings (SSSR count). The van der Waals surface area contributed by atoms with Gasteiger partial charge in [-0.2, -0.15) is 13.0 Å². The van der Waals surface area contributed by atoms with E-state index in [9.17, 15) is 13.0 Å². The van der Waals surface area contributed by atoms with E-state index in [1.54, 1.807) is 12.1 Å². The molecule has 1 aromatic heterocycles. The van der Waals surface area contributed by atoms with E-state index >= 15 is 0 Å². The Morgan fingerprint density at radius 2 is 1.60 bits per heavy atom. The summed E-state index contributed by atoms with van der Waals surface area (Å²) >= 11 is 7.07. The Morgan fingerprint density at radius 3 is 2.30 bits per heavy atom. The van der Waals surface area contributed by atoms with Gasteiger partial charge in [0, 0.05) is 50.7 Å². The molecule has 0 saturated carbocycles. The Labute approximate surface area is 279 Å². The summed E-state index contributed by atoms with van der Waals surface area (Å²) in [6, 6.07) is 21.9. The smallest absolute Gasteiger partial charge is 0.341 e. The van der Waals surface area contributed by atoms with Gasteiger partial charge < -0.3 is 4.57 Å². The summed E-state index contributed by atoms with van der Waals surface area (Å²) in [6.07, 6.45) is 11.4. The molecule has 1 aliphatic carbocycles. The Bertz CT molecular complexity index is 2500. The molecule has 8 nitrogen and oxygen atoms in total. The van der Waals surface area contributed by atoms with E-state index in [1.807, 2.05) is 12.1 Å². The molecule has 47 heavy (non-hydrogen) atoms. The minimum Gasteiger partial charge on any atom is -0.341 e. The fourth-order valence-corrected chi connectivity index (χ4v) is 7.95. The van der Waals surface area contributed by atoms with Crippen LogP contribution in [0.5, 0.6) is 0 Å². The highest BCUT2D eigenvalue weighted by Crippen LogP contribution is 2.39. The van der Waals surface area contributed by atoms with Crippen LogP contribution in [0.4, 0.5) is 5.69 Å². The molecule has 0 fully saturated rings. The van der Waals surface area contributed by atoms with E-state index in [0.717, 1.165) is 64.3 Å². The molecule has 0 radical (unpaired) electrons. The van der Waals surface area contributed by atoms with Crippen LogP contribution in [0.25, 0.3) is 38.5 Å². The summed E-state index contributed by atoms with van der Waals surface area (Å²) in [4.78, 5) is -0.0699. The summed E-state index contributed by atoms with van der Waals surface area (Å²) in [7, 11) is -7.46. The first kappa shape index (κ1) is 32.6. The fourth-order valence-electron chi connectivity index (χ4n) is 6.94. The monoisotopic (exact) mass is 687 g/mol. The van der Waals surface area contributed by atoms with Gasteiger partial charge in [-0.05, 0) is 73.9 Å². The predicted octanol–water partition coefficient (Wildman–Crippen LogP) is 7.04. The number of allylic oxidation sites excluding steroid dienone is 6. The van der Waals surface area contributed by atoms with Gasteiger partial charge in [-0.25, -0.2) is 0 Å². The van der Waals surface area contributed by atoms with Crippen molar-refractivity contribution in [2.24, 2.45) is 0 Å². The minimum atomic E-state index is -4.35. The quantitative estimate of drug-likeness (QED) is 0.151. The molecule has 2 heterocycles. The van der Waals surface area contributed by atoms with Crippen molar-refractivity contribution in [3.8, 4) is 0 Å². The minimum absolute atomic E-state index is 0.0699. The van der Waals surface area contributed by atoms with Gasteiger partial charge in [0.25, 0.3) is 10.1 Å². The number of halogens is 1. The number of hydrogen-bond donors (Lipinski definition) is 1. The maximum atomic E-state index is 12.1. The van der Waals surface area contributed by atoms with Crippen LogP contribution in [0.1, 0.15) is 38.7 Å². The van der Waals surface area contributed by atoms with Crippen LogP contribution in [-0.4, -0.2) is 47.0 Å². The number of hydrogen-bond acceptors (Lipinski definition) is 5. The first-order valence-electron chi connectivity index (χ1n) is 15.3. The SMILES string of the molecule is CCn1c(=CC=C2CCCC(C=CC3=[N+](CC)c4ccc(S(=O)(=O)O)c5cccc3c45)=C2Cl)c2cccc3cccc1c32.O=S(=O)=O. The second kappa shape index (κ2) is 13.0. The summed E-state index contributed by atoms with van der Waals surface area (Å²) in [5, 5.41) is 7.17. The number of benzene rings is 4. The summed E-state index contributed by atoms with van der Waals surface area (Å²) < 4.78 is 63.9. The molecule has 5 aromatic rings. The maximum absolute atomic E-state index is 12.1. The second-order valence-corrected chi connectivity index (χ2v) is 13.5. The van der Waals surface area contributed by atoms with Gasteiger partial charge in [-0.3, -0.25) is 4.55 Å². The molecule has 0 saturated heterocycles. The number of nitrogens with zero attached hydrogens (tertiary/aromatic N) is 2. The zero-order chi connectivity index (χ0) is 33.5. The highest BCUT2D eigenvalue weighted by molar-refractivity contribution is 7.86. The highest BCUT2D eigenvalue weighted by Gasteiger charge is 2.32. The lowest BCUT2D eigenvalue weighted by atomic mass is 9.93. The molecule has 0 amide bonds. The molecule has 0 bridgehead atoms. The topological polar surface area (TPSA) is 114 Å². The van der Waals surface area contributed by atoms with E-state index < -0.39 is 20.7 Å². The number of aryl methyl sites for hydroxylation is 1. The van der Waals surface area contributed by atoms with Crippen molar-refractivity contribution in [2.75, 3.05) is 6.54 Å². The lowest BCUT2D eigenvalue weighted by Gasteiger charge is -2.16. The molecule has 2 aliphatic rings. The average Bonchev–Trinajstić information content (AvgIpc) is 3.53. The third kappa shape index (κ3) is 5.98. The highest BCUT2D eigenvalue weighted by atomic mass is 35.5. The van der Waals surface area contributed by atoms with Crippen molar-refractivity contribution < 1.29 is 30.2 Å². The molecular weight excluding hydrogens is 656 g/mol. The van der Waals surface area contributed by atoms with Gasteiger partial charge in [0.15, 0.2) is 0 Å². The molecule has 1 N–H and O–H groups in total. The Morgan fingerprint density at radius 1 is 0.894 bits per heavy atom. The van der Waals surface area contributed by atoms with Gasteiger partial charge in [-0.15, -0.1) is 12.6 Å². The van der Waals surface area contributed by atoms with Gasteiger partial charge in [0.05, 0.1) is 10.9 Å². The third-order valence-corrected chi connectivity index (χ3v) is 10.2. The van der Waals surface area contributed by atoms with E-state index in [1.165, 1.54) is 33.1 Å². The van der Waals surface area contributed by atoms with Crippen LogP contribution in [0, 0.1) is 0 Å². The maximum Gasteiger partial charge on any atom is 0.425 e. The van der Waals surface area contributed by atoms with Crippen molar-refractivity contribution in [2.45, 2.75) is 44.6 Å². The molecule has 0 atom stereocenters. The molecule has 11 heteroatoms. The molecule has 0 spiro atoms. The Kier molecular flexibility index (Phi) is 9.04. The lowest BCUT2D eigenvalue weighted by Crippen LogP contribution is -2.15. The molecule has 1 aliphatic heterocycles. The normalized spacial score (nSPS) is 16.3. The zero-order valence-electron chi connectivity index (χ0n) is 25.8. The fraction of sp³-hybridized carbons (Fsp3) is 0.194. The van der Waals surface area contributed by atoms with Crippen molar-refractivity contribution in [3.05, 3.63) is 112 Å². The van der Waals surface area contributed by atoms with E-state index in [4.69, 9.17) is 24.2 Å². The van der Waals surface area contributed by atoms with Crippen LogP contribution in [0.3, 0.4) is 0 Å². The average molecular weight is 688 g/mol. The van der Waals surface area contributed by atoms with Crippen LogP contribution in [0.15, 0.2) is 106 Å². The van der Waals surface area contributed by atoms with Gasteiger partial charge >= 0.3 is 10.6 Å². The Balaban J connectivity index is 0.000000915. The molecule has 4 aromatic carbocycles. The van der Waals surface area contributed by atoms with Gasteiger partial charge in [0.1, 0.15) is 11.4 Å². The van der Waals surface area contributed by atoms with Crippen molar-refractivity contribution in [1.29, 1.82) is 0 Å². The standard InChI is InChI=1S/C36H31ClN2O3S.O3S/c1-3-38-29(26-13-6-9-23-10-7-16-31(38)34(23)26)19-17-24-11-5-12-25(36(24)37)18-20-30-27-14-8-15-28-33(43(40,41)42)22-21-32(35(27)28)39(30)4-2;1-4(2)3/h6-10,13-22H,3-5,11-12H2,1-2H3;/p+1. The first-order valence-corrected chi connectivity index (χ1v) is 18.1.